The van der Waals surface area contributed by atoms with Crippen LogP contribution in [-0.2, 0) is 22.7 Å². The third-order valence-corrected chi connectivity index (χ3v) is 6.38. The van der Waals surface area contributed by atoms with E-state index in [-0.39, 0.29) is 35.8 Å². The SMILES string of the molecule is O=C(OCc1ccccc1)c1ccc(OC(=O)c2ccc(C(=O)Oc3ccc(C(=O)OCc4ccccc4)cc3)cc2)cc1. The summed E-state index contributed by atoms with van der Waals surface area (Å²) in [4.78, 5) is 49.8. The molecule has 0 radical (unpaired) electrons. The van der Waals surface area contributed by atoms with Gasteiger partial charge >= 0.3 is 23.9 Å². The van der Waals surface area contributed by atoms with Crippen LogP contribution in [0.2, 0.25) is 0 Å². The van der Waals surface area contributed by atoms with Gasteiger partial charge in [-0.1, -0.05) is 60.7 Å². The summed E-state index contributed by atoms with van der Waals surface area (Å²) in [7, 11) is 0. The van der Waals surface area contributed by atoms with E-state index in [2.05, 4.69) is 0 Å². The normalized spacial score (nSPS) is 10.4. The van der Waals surface area contributed by atoms with Crippen LogP contribution in [0.1, 0.15) is 52.6 Å². The number of carbonyl (C=O) groups excluding carboxylic acids is 4. The van der Waals surface area contributed by atoms with E-state index >= 15 is 0 Å². The molecule has 5 rings (SSSR count). The fourth-order valence-electron chi connectivity index (χ4n) is 4.01. The van der Waals surface area contributed by atoms with Crippen molar-refractivity contribution in [3.63, 3.8) is 0 Å². The first-order valence-corrected chi connectivity index (χ1v) is 13.6. The molecule has 0 bridgehead atoms. The molecule has 0 fully saturated rings. The third-order valence-electron chi connectivity index (χ3n) is 6.38. The molecular formula is C36H26O8. The van der Waals surface area contributed by atoms with E-state index in [1.54, 1.807) is 0 Å². The predicted octanol–water partition coefficient (Wildman–Crippen LogP) is 6.84. The summed E-state index contributed by atoms with van der Waals surface area (Å²) in [5.74, 6) is -1.79. The summed E-state index contributed by atoms with van der Waals surface area (Å²) in [5.41, 5.74) is 2.82. The van der Waals surface area contributed by atoms with Crippen molar-refractivity contribution in [1.29, 1.82) is 0 Å². The highest BCUT2D eigenvalue weighted by atomic mass is 16.5. The van der Waals surface area contributed by atoms with Gasteiger partial charge in [0.15, 0.2) is 0 Å². The van der Waals surface area contributed by atoms with Gasteiger partial charge in [0, 0.05) is 0 Å². The minimum Gasteiger partial charge on any atom is -0.457 e. The molecule has 8 nitrogen and oxygen atoms in total. The van der Waals surface area contributed by atoms with Crippen molar-refractivity contribution in [2.75, 3.05) is 0 Å². The van der Waals surface area contributed by atoms with Gasteiger partial charge in [-0.2, -0.15) is 0 Å². The Bertz CT molecular complexity index is 1600. The maximum atomic E-state index is 12.6. The number of carbonyl (C=O) groups is 4. The quantitative estimate of drug-likeness (QED) is 0.129. The summed E-state index contributed by atoms with van der Waals surface area (Å²) < 4.78 is 21.4. The molecule has 0 atom stereocenters. The van der Waals surface area contributed by atoms with E-state index < -0.39 is 23.9 Å². The standard InChI is InChI=1S/C36H26O8/c37-33(41-23-25-7-3-1-4-8-25)27-15-19-31(20-16-27)43-35(39)29-11-13-30(14-12-29)36(40)44-32-21-17-28(18-22-32)34(38)42-24-26-9-5-2-6-10-26/h1-22H,23-24H2. The van der Waals surface area contributed by atoms with Crippen LogP contribution in [-0.4, -0.2) is 23.9 Å². The second-order valence-corrected chi connectivity index (χ2v) is 9.53. The van der Waals surface area contributed by atoms with Crippen LogP contribution >= 0.6 is 0 Å². The maximum Gasteiger partial charge on any atom is 0.343 e. The third kappa shape index (κ3) is 8.04. The highest BCUT2D eigenvalue weighted by Gasteiger charge is 2.15. The minimum absolute atomic E-state index is 0.151. The van der Waals surface area contributed by atoms with Gasteiger partial charge in [0.1, 0.15) is 24.7 Å². The molecule has 0 amide bonds. The van der Waals surface area contributed by atoms with Crippen molar-refractivity contribution in [3.05, 3.63) is 167 Å². The highest BCUT2D eigenvalue weighted by Crippen LogP contribution is 2.18. The molecule has 0 aliphatic heterocycles. The first kappa shape index (κ1) is 29.5. The number of benzene rings is 5. The van der Waals surface area contributed by atoms with Crippen molar-refractivity contribution in [1.82, 2.24) is 0 Å². The van der Waals surface area contributed by atoms with Crippen molar-refractivity contribution in [2.45, 2.75) is 13.2 Å². The summed E-state index contributed by atoms with van der Waals surface area (Å²) >= 11 is 0. The highest BCUT2D eigenvalue weighted by molar-refractivity contribution is 5.95. The van der Waals surface area contributed by atoms with Gasteiger partial charge in [-0.3, -0.25) is 0 Å². The summed E-state index contributed by atoms with van der Waals surface area (Å²) in [6, 6.07) is 36.5. The van der Waals surface area contributed by atoms with Crippen molar-refractivity contribution < 1.29 is 38.1 Å². The summed E-state index contributed by atoms with van der Waals surface area (Å²) in [5, 5.41) is 0. The van der Waals surface area contributed by atoms with Crippen molar-refractivity contribution in [2.24, 2.45) is 0 Å². The zero-order valence-corrected chi connectivity index (χ0v) is 23.4. The van der Waals surface area contributed by atoms with E-state index in [1.165, 1.54) is 72.8 Å². The lowest BCUT2D eigenvalue weighted by atomic mass is 10.1. The molecule has 0 heterocycles. The Kier molecular flexibility index (Phi) is 9.54. The lowest BCUT2D eigenvalue weighted by molar-refractivity contribution is 0.0464. The Morgan fingerprint density at radius 3 is 1.00 bits per heavy atom. The topological polar surface area (TPSA) is 105 Å². The largest absolute Gasteiger partial charge is 0.457 e. The molecule has 0 saturated carbocycles. The van der Waals surface area contributed by atoms with Crippen molar-refractivity contribution in [3.8, 4) is 11.5 Å². The second-order valence-electron chi connectivity index (χ2n) is 9.53. The lowest BCUT2D eigenvalue weighted by Crippen LogP contribution is -2.11. The Hall–Kier alpha value is -6.02. The Balaban J connectivity index is 1.10. The number of rotatable bonds is 10. The number of hydrogen-bond donors (Lipinski definition) is 0. The van der Waals surface area contributed by atoms with Gasteiger partial charge in [0.25, 0.3) is 0 Å². The summed E-state index contributed by atoms with van der Waals surface area (Å²) in [6.45, 7) is 0.302. The van der Waals surface area contributed by atoms with E-state index in [0.29, 0.717) is 11.1 Å². The van der Waals surface area contributed by atoms with Crippen LogP contribution in [0.25, 0.3) is 0 Å². The molecule has 5 aromatic rings. The van der Waals surface area contributed by atoms with Crippen LogP contribution < -0.4 is 9.47 Å². The molecule has 218 valence electrons. The first-order valence-electron chi connectivity index (χ1n) is 13.6. The monoisotopic (exact) mass is 586 g/mol. The molecule has 5 aromatic carbocycles. The molecule has 0 aliphatic carbocycles. The first-order chi connectivity index (χ1) is 21.4. The molecule has 0 unspecified atom stereocenters. The average Bonchev–Trinajstić information content (AvgIpc) is 3.07. The zero-order valence-electron chi connectivity index (χ0n) is 23.4. The number of esters is 4. The molecule has 44 heavy (non-hydrogen) atoms. The molecule has 0 aromatic heterocycles. The van der Waals surface area contributed by atoms with Gasteiger partial charge < -0.3 is 18.9 Å². The lowest BCUT2D eigenvalue weighted by Gasteiger charge is -2.08. The minimum atomic E-state index is -0.640. The molecular weight excluding hydrogens is 560 g/mol. The van der Waals surface area contributed by atoms with Crippen LogP contribution in [0, 0.1) is 0 Å². The van der Waals surface area contributed by atoms with Crippen LogP contribution in [0.4, 0.5) is 0 Å². The van der Waals surface area contributed by atoms with Crippen molar-refractivity contribution >= 4 is 23.9 Å². The van der Waals surface area contributed by atoms with E-state index in [1.807, 2.05) is 60.7 Å². The van der Waals surface area contributed by atoms with E-state index in [4.69, 9.17) is 18.9 Å². The molecule has 0 spiro atoms. The molecule has 0 N–H and O–H groups in total. The van der Waals surface area contributed by atoms with Gasteiger partial charge in [0.05, 0.1) is 22.3 Å². The molecule has 0 saturated heterocycles. The van der Waals surface area contributed by atoms with Crippen LogP contribution in [0.5, 0.6) is 11.5 Å². The van der Waals surface area contributed by atoms with Gasteiger partial charge in [-0.15, -0.1) is 0 Å². The zero-order chi connectivity index (χ0) is 30.7. The second kappa shape index (κ2) is 14.2. The van der Waals surface area contributed by atoms with Gasteiger partial charge in [0.2, 0.25) is 0 Å². The fourth-order valence-corrected chi connectivity index (χ4v) is 4.01. The average molecular weight is 587 g/mol. The van der Waals surface area contributed by atoms with E-state index in [9.17, 15) is 19.2 Å². The Morgan fingerprint density at radius 1 is 0.364 bits per heavy atom. The summed E-state index contributed by atoms with van der Waals surface area (Å²) in [6.07, 6.45) is 0. The van der Waals surface area contributed by atoms with Crippen LogP contribution in [0.3, 0.4) is 0 Å². The maximum absolute atomic E-state index is 12.6. The van der Waals surface area contributed by atoms with Gasteiger partial charge in [-0.25, -0.2) is 19.2 Å². The Labute approximate surface area is 253 Å². The molecule has 8 heteroatoms. The fraction of sp³-hybridized carbons (Fsp3) is 0.0556. The smallest absolute Gasteiger partial charge is 0.343 e. The molecule has 0 aliphatic rings. The number of ether oxygens (including phenoxy) is 4. The van der Waals surface area contributed by atoms with E-state index in [0.717, 1.165) is 11.1 Å². The van der Waals surface area contributed by atoms with Gasteiger partial charge in [-0.05, 0) is 83.9 Å². The number of hydrogen-bond acceptors (Lipinski definition) is 8. The predicted molar refractivity (Wildman–Crippen MR) is 160 cm³/mol. The van der Waals surface area contributed by atoms with Crippen LogP contribution in [0.15, 0.2) is 133 Å². The Morgan fingerprint density at radius 2 is 0.659 bits per heavy atom.